The number of nitrogens with zero attached hydrogens (tertiary/aromatic N) is 2. The summed E-state index contributed by atoms with van der Waals surface area (Å²) in [4.78, 5) is 6.62. The summed E-state index contributed by atoms with van der Waals surface area (Å²) < 4.78 is 25.2. The molecule has 0 aromatic heterocycles. The van der Waals surface area contributed by atoms with Crippen LogP contribution < -0.4 is 10.0 Å². The molecule has 0 saturated carbocycles. The standard InChI is InChI=1S/C13H28N4O2S2/c1-4-12-11-17(9-10-20-12)13(14-3)15-7-6-8-16-21(18,19)5-2/h12,16H,4-11H2,1-3H3,(H,14,15). The Bertz CT molecular complexity index is 426. The molecule has 0 aromatic carbocycles. The fourth-order valence-electron chi connectivity index (χ4n) is 2.11. The summed E-state index contributed by atoms with van der Waals surface area (Å²) in [5, 5.41) is 3.99. The molecule has 0 aliphatic carbocycles. The number of rotatable bonds is 7. The van der Waals surface area contributed by atoms with Gasteiger partial charge in [-0.15, -0.1) is 0 Å². The Balaban J connectivity index is 2.29. The van der Waals surface area contributed by atoms with E-state index < -0.39 is 10.0 Å². The first-order chi connectivity index (χ1) is 10.0. The first-order valence-electron chi connectivity index (χ1n) is 7.57. The molecule has 1 unspecified atom stereocenters. The Kier molecular flexibility index (Phi) is 8.43. The van der Waals surface area contributed by atoms with Crippen molar-refractivity contribution >= 4 is 27.7 Å². The monoisotopic (exact) mass is 336 g/mol. The zero-order valence-corrected chi connectivity index (χ0v) is 14.9. The maximum atomic E-state index is 11.3. The average Bonchev–Trinajstić information content (AvgIpc) is 2.51. The van der Waals surface area contributed by atoms with Gasteiger partial charge in [-0.3, -0.25) is 4.99 Å². The lowest BCUT2D eigenvalue weighted by atomic mass is 10.3. The van der Waals surface area contributed by atoms with Crippen molar-refractivity contribution in [2.45, 2.75) is 31.9 Å². The smallest absolute Gasteiger partial charge is 0.211 e. The van der Waals surface area contributed by atoms with Gasteiger partial charge in [-0.2, -0.15) is 11.8 Å². The van der Waals surface area contributed by atoms with Crippen LogP contribution in [0.3, 0.4) is 0 Å². The van der Waals surface area contributed by atoms with Crippen molar-refractivity contribution in [1.29, 1.82) is 0 Å². The predicted octanol–water partition coefficient (Wildman–Crippen LogP) is 0.719. The van der Waals surface area contributed by atoms with Crippen LogP contribution in [0.5, 0.6) is 0 Å². The predicted molar refractivity (Wildman–Crippen MR) is 91.6 cm³/mol. The quantitative estimate of drug-likeness (QED) is 0.407. The number of hydrogen-bond acceptors (Lipinski definition) is 4. The third kappa shape index (κ3) is 6.88. The first-order valence-corrected chi connectivity index (χ1v) is 10.3. The van der Waals surface area contributed by atoms with E-state index in [9.17, 15) is 8.42 Å². The molecule has 0 amide bonds. The molecular formula is C13H28N4O2S2. The molecule has 2 N–H and O–H groups in total. The van der Waals surface area contributed by atoms with Crippen LogP contribution in [0, 0.1) is 0 Å². The van der Waals surface area contributed by atoms with E-state index in [4.69, 9.17) is 0 Å². The minimum Gasteiger partial charge on any atom is -0.356 e. The van der Waals surface area contributed by atoms with Gasteiger partial charge >= 0.3 is 0 Å². The lowest BCUT2D eigenvalue weighted by molar-refractivity contribution is 0.408. The highest BCUT2D eigenvalue weighted by Crippen LogP contribution is 2.20. The van der Waals surface area contributed by atoms with Crippen LogP contribution in [0.1, 0.15) is 26.7 Å². The molecular weight excluding hydrogens is 308 g/mol. The molecule has 21 heavy (non-hydrogen) atoms. The number of nitrogens with one attached hydrogen (secondary N) is 2. The van der Waals surface area contributed by atoms with Crippen molar-refractivity contribution in [2.75, 3.05) is 44.7 Å². The van der Waals surface area contributed by atoms with E-state index in [1.54, 1.807) is 14.0 Å². The molecule has 0 aromatic rings. The molecule has 1 saturated heterocycles. The summed E-state index contributed by atoms with van der Waals surface area (Å²) in [7, 11) is -1.28. The highest BCUT2D eigenvalue weighted by atomic mass is 32.2. The van der Waals surface area contributed by atoms with Crippen LogP contribution in [0.4, 0.5) is 0 Å². The molecule has 124 valence electrons. The SMILES string of the molecule is CCC1CN(C(=NC)NCCCNS(=O)(=O)CC)CCS1. The van der Waals surface area contributed by atoms with Crippen molar-refractivity contribution in [1.82, 2.24) is 14.9 Å². The van der Waals surface area contributed by atoms with Crippen molar-refractivity contribution in [3.63, 3.8) is 0 Å². The second-order valence-corrected chi connectivity index (χ2v) is 8.48. The van der Waals surface area contributed by atoms with Crippen molar-refractivity contribution < 1.29 is 8.42 Å². The van der Waals surface area contributed by atoms with Crippen LogP contribution in [0.15, 0.2) is 4.99 Å². The summed E-state index contributed by atoms with van der Waals surface area (Å²) in [6.45, 7) is 7.09. The molecule has 8 heteroatoms. The lowest BCUT2D eigenvalue weighted by Crippen LogP contribution is -2.48. The first kappa shape index (κ1) is 18.6. The number of sulfonamides is 1. The number of thioether (sulfide) groups is 1. The van der Waals surface area contributed by atoms with E-state index in [1.165, 1.54) is 6.42 Å². The largest absolute Gasteiger partial charge is 0.356 e. The van der Waals surface area contributed by atoms with Crippen molar-refractivity contribution in [3.05, 3.63) is 0 Å². The van der Waals surface area contributed by atoms with Crippen LogP contribution >= 0.6 is 11.8 Å². The Morgan fingerprint density at radius 3 is 2.76 bits per heavy atom. The van der Waals surface area contributed by atoms with Gasteiger partial charge < -0.3 is 10.2 Å². The Morgan fingerprint density at radius 2 is 2.14 bits per heavy atom. The Morgan fingerprint density at radius 1 is 1.38 bits per heavy atom. The van der Waals surface area contributed by atoms with Gasteiger partial charge in [0.05, 0.1) is 5.75 Å². The topological polar surface area (TPSA) is 73.8 Å². The molecule has 0 spiro atoms. The van der Waals surface area contributed by atoms with Crippen molar-refractivity contribution in [3.8, 4) is 0 Å². The minimum atomic E-state index is -3.08. The Hall–Kier alpha value is -0.470. The Labute approximate surface area is 133 Å². The van der Waals surface area contributed by atoms with Gasteiger partial charge in [-0.05, 0) is 19.8 Å². The minimum absolute atomic E-state index is 0.131. The molecule has 0 bridgehead atoms. The van der Waals surface area contributed by atoms with Gasteiger partial charge in [0.1, 0.15) is 0 Å². The summed E-state index contributed by atoms with van der Waals surface area (Å²) >= 11 is 2.03. The maximum Gasteiger partial charge on any atom is 0.211 e. The number of guanidine groups is 1. The second-order valence-electron chi connectivity index (χ2n) is 4.97. The van der Waals surface area contributed by atoms with Crippen LogP contribution in [-0.4, -0.2) is 69.3 Å². The molecule has 1 aliphatic heterocycles. The lowest BCUT2D eigenvalue weighted by Gasteiger charge is -2.34. The molecule has 1 fully saturated rings. The molecule has 1 heterocycles. The number of aliphatic imine (C=N–C) groups is 1. The molecule has 0 radical (unpaired) electrons. The summed E-state index contributed by atoms with van der Waals surface area (Å²) in [6, 6.07) is 0. The molecule has 1 aliphatic rings. The average molecular weight is 337 g/mol. The van der Waals surface area contributed by atoms with Gasteiger partial charge in [-0.1, -0.05) is 6.92 Å². The highest BCUT2D eigenvalue weighted by Gasteiger charge is 2.21. The molecule has 1 atom stereocenters. The van der Waals surface area contributed by atoms with E-state index in [1.807, 2.05) is 11.8 Å². The molecule has 1 rings (SSSR count). The zero-order chi connectivity index (χ0) is 15.7. The van der Waals surface area contributed by atoms with Crippen LogP contribution in [0.25, 0.3) is 0 Å². The maximum absolute atomic E-state index is 11.3. The molecule has 6 nitrogen and oxygen atoms in total. The highest BCUT2D eigenvalue weighted by molar-refractivity contribution is 8.00. The van der Waals surface area contributed by atoms with Crippen LogP contribution in [0.2, 0.25) is 0 Å². The van der Waals surface area contributed by atoms with Gasteiger partial charge in [0.25, 0.3) is 0 Å². The van der Waals surface area contributed by atoms with Gasteiger partial charge in [-0.25, -0.2) is 13.1 Å². The van der Waals surface area contributed by atoms with E-state index in [0.29, 0.717) is 11.8 Å². The third-order valence-electron chi connectivity index (χ3n) is 3.44. The van der Waals surface area contributed by atoms with Crippen molar-refractivity contribution in [2.24, 2.45) is 4.99 Å². The second kappa shape index (κ2) is 9.53. The van der Waals surface area contributed by atoms with E-state index in [-0.39, 0.29) is 5.75 Å². The van der Waals surface area contributed by atoms with E-state index in [2.05, 4.69) is 26.9 Å². The summed E-state index contributed by atoms with van der Waals surface area (Å²) in [5.74, 6) is 2.19. The fourth-order valence-corrected chi connectivity index (χ4v) is 3.95. The van der Waals surface area contributed by atoms with Gasteiger partial charge in [0.2, 0.25) is 10.0 Å². The third-order valence-corrected chi connectivity index (χ3v) is 6.22. The summed E-state index contributed by atoms with van der Waals surface area (Å²) in [6.07, 6.45) is 1.93. The number of hydrogen-bond donors (Lipinski definition) is 2. The fraction of sp³-hybridized carbons (Fsp3) is 0.923. The van der Waals surface area contributed by atoms with E-state index >= 15 is 0 Å². The van der Waals surface area contributed by atoms with Gasteiger partial charge in [0.15, 0.2) is 5.96 Å². The zero-order valence-electron chi connectivity index (χ0n) is 13.3. The van der Waals surface area contributed by atoms with Gasteiger partial charge in [0, 0.05) is 44.2 Å². The normalized spacial score (nSPS) is 20.6. The van der Waals surface area contributed by atoms with Crippen LogP contribution in [-0.2, 0) is 10.0 Å². The van der Waals surface area contributed by atoms with E-state index in [0.717, 1.165) is 37.8 Å². The summed E-state index contributed by atoms with van der Waals surface area (Å²) in [5.41, 5.74) is 0.